The monoisotopic (exact) mass is 223 g/mol. The lowest BCUT2D eigenvalue weighted by Gasteiger charge is -1.93. The molecule has 5 heteroatoms. The molecule has 2 heterocycles. The largest absolute Gasteiger partial charge is 0.477 e. The second kappa shape index (κ2) is 3.51. The summed E-state index contributed by atoms with van der Waals surface area (Å²) in [5.41, 5.74) is -0.616. The predicted molar refractivity (Wildman–Crippen MR) is 58.8 cm³/mol. The Morgan fingerprint density at radius 1 is 1.60 bits per heavy atom. The van der Waals surface area contributed by atoms with Crippen LogP contribution >= 0.6 is 11.3 Å². The van der Waals surface area contributed by atoms with Crippen molar-refractivity contribution in [2.75, 3.05) is 0 Å². The fraction of sp³-hybridized carbons (Fsp3) is 0.200. The summed E-state index contributed by atoms with van der Waals surface area (Å²) in [7, 11) is 0. The van der Waals surface area contributed by atoms with Gasteiger partial charge in [-0.15, -0.1) is 11.3 Å². The van der Waals surface area contributed by atoms with Crippen LogP contribution in [0.3, 0.4) is 0 Å². The molecule has 0 aliphatic carbocycles. The Labute approximate surface area is 89.2 Å². The van der Waals surface area contributed by atoms with E-state index >= 15 is 0 Å². The average molecular weight is 223 g/mol. The van der Waals surface area contributed by atoms with Gasteiger partial charge in [0.05, 0.1) is 5.39 Å². The van der Waals surface area contributed by atoms with Crippen LogP contribution < -0.4 is 5.43 Å². The molecule has 0 saturated heterocycles. The van der Waals surface area contributed by atoms with Gasteiger partial charge < -0.3 is 10.1 Å². The molecule has 0 aliphatic rings. The van der Waals surface area contributed by atoms with Gasteiger partial charge in [-0.2, -0.15) is 0 Å². The first-order chi connectivity index (χ1) is 7.13. The van der Waals surface area contributed by atoms with E-state index in [1.54, 1.807) is 6.07 Å². The number of nitrogens with one attached hydrogen (secondary N) is 1. The van der Waals surface area contributed by atoms with Crippen LogP contribution in [-0.4, -0.2) is 16.1 Å². The summed E-state index contributed by atoms with van der Waals surface area (Å²) in [5, 5.41) is 9.24. The summed E-state index contributed by atoms with van der Waals surface area (Å²) >= 11 is 1.48. The Hall–Kier alpha value is -1.62. The minimum absolute atomic E-state index is 0.206. The maximum Gasteiger partial charge on any atom is 0.341 e. The maximum absolute atomic E-state index is 11.7. The van der Waals surface area contributed by atoms with E-state index in [4.69, 9.17) is 5.11 Å². The number of pyridine rings is 1. The van der Waals surface area contributed by atoms with Crippen molar-refractivity contribution in [1.82, 2.24) is 4.98 Å². The molecule has 0 bridgehead atoms. The first-order valence-corrected chi connectivity index (χ1v) is 5.32. The van der Waals surface area contributed by atoms with Crippen molar-refractivity contribution in [2.24, 2.45) is 0 Å². The number of aromatic amines is 1. The molecular formula is C10H9NO3S. The zero-order valence-corrected chi connectivity index (χ0v) is 8.85. The van der Waals surface area contributed by atoms with Crippen molar-refractivity contribution >= 4 is 27.5 Å². The molecule has 0 spiro atoms. The average Bonchev–Trinajstić information content (AvgIpc) is 2.61. The normalized spacial score (nSPS) is 10.7. The third-order valence-corrected chi connectivity index (χ3v) is 3.41. The highest BCUT2D eigenvalue weighted by atomic mass is 32.1. The van der Waals surface area contributed by atoms with Crippen molar-refractivity contribution in [1.29, 1.82) is 0 Å². The maximum atomic E-state index is 11.7. The molecule has 0 radical (unpaired) electrons. The van der Waals surface area contributed by atoms with Crippen molar-refractivity contribution in [3.8, 4) is 0 Å². The number of carboxylic acids is 1. The molecule has 4 nitrogen and oxygen atoms in total. The number of carboxylic acid groups (broad SMARTS) is 1. The zero-order valence-electron chi connectivity index (χ0n) is 8.03. The number of hydrogen-bond donors (Lipinski definition) is 2. The van der Waals surface area contributed by atoms with Crippen molar-refractivity contribution < 1.29 is 9.90 Å². The molecule has 0 aliphatic heterocycles. The van der Waals surface area contributed by atoms with Crippen LogP contribution in [0.2, 0.25) is 0 Å². The summed E-state index contributed by atoms with van der Waals surface area (Å²) in [4.78, 5) is 27.1. The van der Waals surface area contributed by atoms with Crippen LogP contribution in [0.1, 0.15) is 22.2 Å². The molecule has 2 rings (SSSR count). The topological polar surface area (TPSA) is 70.2 Å². The van der Waals surface area contributed by atoms with E-state index in [9.17, 15) is 9.59 Å². The lowest BCUT2D eigenvalue weighted by Crippen LogP contribution is -2.14. The molecule has 0 atom stereocenters. The Balaban J connectivity index is 2.78. The SMILES string of the molecule is CCc1cc2c(=O)c(C(=O)O)c[nH]c2s1. The Morgan fingerprint density at radius 2 is 2.33 bits per heavy atom. The number of H-pyrrole nitrogens is 1. The highest BCUT2D eigenvalue weighted by Gasteiger charge is 2.12. The molecular weight excluding hydrogens is 214 g/mol. The first-order valence-electron chi connectivity index (χ1n) is 4.51. The molecule has 78 valence electrons. The van der Waals surface area contributed by atoms with Crippen molar-refractivity contribution in [3.63, 3.8) is 0 Å². The van der Waals surface area contributed by atoms with Gasteiger partial charge in [0.1, 0.15) is 10.4 Å². The number of carbonyl (C=O) groups is 1. The van der Waals surface area contributed by atoms with Gasteiger partial charge in [0.2, 0.25) is 5.43 Å². The molecule has 0 saturated carbocycles. The summed E-state index contributed by atoms with van der Waals surface area (Å²) in [6.45, 7) is 1.99. The van der Waals surface area contributed by atoms with Gasteiger partial charge in [-0.25, -0.2) is 4.79 Å². The number of fused-ring (bicyclic) bond motifs is 1. The van der Waals surface area contributed by atoms with Gasteiger partial charge in [0.25, 0.3) is 0 Å². The fourth-order valence-corrected chi connectivity index (χ4v) is 2.36. The third kappa shape index (κ3) is 1.55. The molecule has 2 N–H and O–H groups in total. The fourth-order valence-electron chi connectivity index (χ4n) is 1.40. The summed E-state index contributed by atoms with van der Waals surface area (Å²) < 4.78 is 0. The Kier molecular flexibility index (Phi) is 2.32. The van der Waals surface area contributed by atoms with Gasteiger partial charge in [-0.05, 0) is 12.5 Å². The van der Waals surface area contributed by atoms with Gasteiger partial charge in [-0.3, -0.25) is 4.79 Å². The first kappa shape index (κ1) is 9.92. The van der Waals surface area contributed by atoms with Crippen LogP contribution in [0.15, 0.2) is 17.1 Å². The second-order valence-electron chi connectivity index (χ2n) is 3.15. The van der Waals surface area contributed by atoms with Crippen molar-refractivity contribution in [2.45, 2.75) is 13.3 Å². The van der Waals surface area contributed by atoms with Gasteiger partial charge in [-0.1, -0.05) is 6.92 Å². The number of thiophene rings is 1. The highest BCUT2D eigenvalue weighted by molar-refractivity contribution is 7.18. The molecule has 2 aromatic heterocycles. The van der Waals surface area contributed by atoms with Crippen LogP contribution in [-0.2, 0) is 6.42 Å². The molecule has 15 heavy (non-hydrogen) atoms. The number of aromatic nitrogens is 1. The van der Waals surface area contributed by atoms with Crippen LogP contribution in [0, 0.1) is 0 Å². The minimum atomic E-state index is -1.19. The van der Waals surface area contributed by atoms with Crippen LogP contribution in [0.25, 0.3) is 10.2 Å². The summed E-state index contributed by atoms with van der Waals surface area (Å²) in [6.07, 6.45) is 2.10. The van der Waals surface area contributed by atoms with E-state index in [0.717, 1.165) is 16.1 Å². The van der Waals surface area contributed by atoms with Gasteiger partial charge in [0, 0.05) is 11.1 Å². The van der Waals surface area contributed by atoms with Crippen LogP contribution in [0.4, 0.5) is 0 Å². The molecule has 2 aromatic rings. The minimum Gasteiger partial charge on any atom is -0.477 e. The zero-order chi connectivity index (χ0) is 11.0. The number of aryl methyl sites for hydroxylation is 1. The van der Waals surface area contributed by atoms with E-state index in [0.29, 0.717) is 5.39 Å². The molecule has 0 aromatic carbocycles. The van der Waals surface area contributed by atoms with E-state index in [1.165, 1.54) is 17.5 Å². The van der Waals surface area contributed by atoms with E-state index in [1.807, 2.05) is 6.92 Å². The molecule has 0 unspecified atom stereocenters. The standard InChI is InChI=1S/C10H9NO3S/c1-2-5-3-6-8(12)7(10(13)14)4-11-9(6)15-5/h3-4H,2H2,1H3,(H,11,12)(H,13,14). The number of rotatable bonds is 2. The van der Waals surface area contributed by atoms with E-state index < -0.39 is 11.4 Å². The van der Waals surface area contributed by atoms with Gasteiger partial charge >= 0.3 is 5.97 Å². The summed E-state index contributed by atoms with van der Waals surface area (Å²) in [5.74, 6) is -1.19. The second-order valence-corrected chi connectivity index (χ2v) is 4.28. The Morgan fingerprint density at radius 3 is 2.93 bits per heavy atom. The van der Waals surface area contributed by atoms with E-state index in [-0.39, 0.29) is 5.56 Å². The predicted octanol–water partition coefficient (Wildman–Crippen LogP) is 1.85. The number of hydrogen-bond acceptors (Lipinski definition) is 3. The van der Waals surface area contributed by atoms with Crippen LogP contribution in [0.5, 0.6) is 0 Å². The molecule has 0 fully saturated rings. The lowest BCUT2D eigenvalue weighted by atomic mass is 10.2. The molecule has 0 amide bonds. The number of aromatic carboxylic acids is 1. The van der Waals surface area contributed by atoms with E-state index in [2.05, 4.69) is 4.98 Å². The Bertz CT molecular complexity index is 582. The summed E-state index contributed by atoms with van der Waals surface area (Å²) in [6, 6.07) is 1.76. The quantitative estimate of drug-likeness (QED) is 0.816. The third-order valence-electron chi connectivity index (χ3n) is 2.20. The van der Waals surface area contributed by atoms with Crippen molar-refractivity contribution in [3.05, 3.63) is 32.9 Å². The van der Waals surface area contributed by atoms with Gasteiger partial charge in [0.15, 0.2) is 0 Å². The smallest absolute Gasteiger partial charge is 0.341 e. The highest BCUT2D eigenvalue weighted by Crippen LogP contribution is 2.21. The lowest BCUT2D eigenvalue weighted by molar-refractivity contribution is 0.0695.